The maximum atomic E-state index is 11.9. The third-order valence-electron chi connectivity index (χ3n) is 6.16. The number of para-hydroxylation sites is 1. The first-order valence-electron chi connectivity index (χ1n) is 10.0. The first-order chi connectivity index (χ1) is 14.1. The zero-order valence-electron chi connectivity index (χ0n) is 16.2. The smallest absolute Gasteiger partial charge is 0.279 e. The number of aromatic nitrogens is 1. The highest BCUT2D eigenvalue weighted by Gasteiger charge is 2.50. The zero-order chi connectivity index (χ0) is 19.8. The van der Waals surface area contributed by atoms with Crippen LogP contribution in [-0.2, 0) is 11.2 Å². The van der Waals surface area contributed by atoms with Gasteiger partial charge in [0.15, 0.2) is 6.67 Å². The molecule has 2 bridgehead atoms. The molecule has 1 amide bonds. The summed E-state index contributed by atoms with van der Waals surface area (Å²) in [4.78, 5) is 18.3. The Labute approximate surface area is 173 Å². The van der Waals surface area contributed by atoms with Crippen molar-refractivity contribution in [3.63, 3.8) is 0 Å². The summed E-state index contributed by atoms with van der Waals surface area (Å²) in [6.45, 7) is 3.52. The number of ether oxygens (including phenoxy) is 1. The highest BCUT2D eigenvalue weighted by Crippen LogP contribution is 2.33. The van der Waals surface area contributed by atoms with E-state index in [1.54, 1.807) is 11.3 Å². The normalized spacial score (nSPS) is 23.1. The number of hydrogen-bond acceptors (Lipinski definition) is 5. The van der Waals surface area contributed by atoms with Crippen molar-refractivity contribution in [2.75, 3.05) is 32.9 Å². The van der Waals surface area contributed by atoms with Gasteiger partial charge in [-0.2, -0.15) is 0 Å². The van der Waals surface area contributed by atoms with Crippen LogP contribution in [0.15, 0.2) is 48.5 Å². The number of hydrogen-bond donors (Lipinski definition) is 1. The molecule has 3 aromatic rings. The molecule has 29 heavy (non-hydrogen) atoms. The summed E-state index contributed by atoms with van der Waals surface area (Å²) in [6.07, 6.45) is 2.01. The standard InChI is InChI=1S/C22H24N3O3S/c26-14-21(27)24-15-25(12-10-17(24)13-25)11-9-16-5-7-18(8-6-16)28-22-23-19-3-1-2-4-20(19)29-22/h1-8,17,26H,9-15H2/q+1/t17-,25+/m0/s1. The van der Waals surface area contributed by atoms with Crippen LogP contribution >= 0.6 is 11.3 Å². The number of aliphatic hydroxyl groups excluding tert-OH is 1. The van der Waals surface area contributed by atoms with Gasteiger partial charge in [-0.25, -0.2) is 4.98 Å². The molecule has 0 radical (unpaired) electrons. The molecule has 0 aliphatic carbocycles. The summed E-state index contributed by atoms with van der Waals surface area (Å²) in [7, 11) is 0. The van der Waals surface area contributed by atoms with Gasteiger partial charge in [0.1, 0.15) is 18.9 Å². The molecule has 1 N–H and O–H groups in total. The van der Waals surface area contributed by atoms with E-state index in [4.69, 9.17) is 4.74 Å². The van der Waals surface area contributed by atoms with Crippen molar-refractivity contribution in [3.8, 4) is 10.9 Å². The number of amides is 1. The van der Waals surface area contributed by atoms with Crippen LogP contribution in [0.2, 0.25) is 0 Å². The van der Waals surface area contributed by atoms with Crippen LogP contribution in [0.1, 0.15) is 12.0 Å². The summed E-state index contributed by atoms with van der Waals surface area (Å²) in [5.74, 6) is 0.660. The van der Waals surface area contributed by atoms with Gasteiger partial charge in [0.05, 0.1) is 29.3 Å². The quantitative estimate of drug-likeness (QED) is 0.635. The van der Waals surface area contributed by atoms with Gasteiger partial charge in [0.2, 0.25) is 0 Å². The number of carbonyl (C=O) groups is 1. The van der Waals surface area contributed by atoms with Gasteiger partial charge in [-0.1, -0.05) is 35.6 Å². The average Bonchev–Trinajstić information content (AvgIpc) is 3.45. The Morgan fingerprint density at radius 2 is 2.07 bits per heavy atom. The third-order valence-corrected chi connectivity index (χ3v) is 7.08. The fraction of sp³-hybridized carbons (Fsp3) is 0.364. The first kappa shape index (κ1) is 18.5. The van der Waals surface area contributed by atoms with Crippen molar-refractivity contribution >= 4 is 27.5 Å². The number of rotatable bonds is 6. The molecule has 1 aromatic heterocycles. The lowest BCUT2D eigenvalue weighted by Crippen LogP contribution is -2.51. The van der Waals surface area contributed by atoms with Crippen molar-refractivity contribution in [2.24, 2.45) is 0 Å². The van der Waals surface area contributed by atoms with E-state index < -0.39 is 0 Å². The Bertz CT molecular complexity index is 1000. The predicted octanol–water partition coefficient (Wildman–Crippen LogP) is 3.01. The average molecular weight is 411 g/mol. The Morgan fingerprint density at radius 3 is 2.86 bits per heavy atom. The van der Waals surface area contributed by atoms with E-state index >= 15 is 0 Å². The molecule has 2 atom stereocenters. The lowest BCUT2D eigenvalue weighted by Gasteiger charge is -2.34. The largest absolute Gasteiger partial charge is 0.431 e. The Hall–Kier alpha value is -2.48. The molecule has 2 aliphatic rings. The minimum atomic E-state index is -0.382. The van der Waals surface area contributed by atoms with E-state index in [1.807, 2.05) is 41.3 Å². The van der Waals surface area contributed by atoms with Crippen LogP contribution in [0.25, 0.3) is 10.2 Å². The number of nitrogens with zero attached hydrogens (tertiary/aromatic N) is 3. The van der Waals surface area contributed by atoms with Gasteiger partial charge in [0, 0.05) is 12.8 Å². The number of benzene rings is 2. The highest BCUT2D eigenvalue weighted by atomic mass is 32.1. The summed E-state index contributed by atoms with van der Waals surface area (Å²) in [5.41, 5.74) is 2.23. The zero-order valence-corrected chi connectivity index (χ0v) is 17.0. The maximum absolute atomic E-state index is 11.9. The van der Waals surface area contributed by atoms with E-state index in [9.17, 15) is 9.90 Å². The lowest BCUT2D eigenvalue weighted by atomic mass is 10.1. The molecule has 6 nitrogen and oxygen atoms in total. The van der Waals surface area contributed by atoms with Gasteiger partial charge < -0.3 is 14.3 Å². The second kappa shape index (κ2) is 7.40. The highest BCUT2D eigenvalue weighted by molar-refractivity contribution is 7.20. The van der Waals surface area contributed by atoms with Crippen LogP contribution < -0.4 is 4.74 Å². The molecular weight excluding hydrogens is 386 g/mol. The summed E-state index contributed by atoms with van der Waals surface area (Å²) in [5, 5.41) is 9.83. The predicted molar refractivity (Wildman–Crippen MR) is 112 cm³/mol. The molecule has 2 fully saturated rings. The van der Waals surface area contributed by atoms with Crippen molar-refractivity contribution in [1.82, 2.24) is 9.88 Å². The number of quaternary nitrogens is 1. The fourth-order valence-corrected chi connectivity index (χ4v) is 5.44. The molecule has 0 spiro atoms. The Balaban J connectivity index is 1.20. The molecule has 5 rings (SSSR count). The molecule has 7 heteroatoms. The van der Waals surface area contributed by atoms with Gasteiger partial charge in [-0.3, -0.25) is 9.69 Å². The maximum Gasteiger partial charge on any atom is 0.279 e. The van der Waals surface area contributed by atoms with Crippen LogP contribution in [-0.4, -0.2) is 64.3 Å². The van der Waals surface area contributed by atoms with Crippen LogP contribution in [0.3, 0.4) is 0 Å². The molecule has 2 aromatic carbocycles. The van der Waals surface area contributed by atoms with Crippen molar-refractivity contribution in [2.45, 2.75) is 18.9 Å². The molecular formula is C22H24N3O3S+. The van der Waals surface area contributed by atoms with E-state index in [-0.39, 0.29) is 12.5 Å². The minimum absolute atomic E-state index is 0.133. The number of carbonyl (C=O) groups excluding carboxylic acids is 1. The fourth-order valence-electron chi connectivity index (χ4n) is 4.61. The lowest BCUT2D eigenvalue weighted by molar-refractivity contribution is -0.913. The van der Waals surface area contributed by atoms with Gasteiger partial charge in [0.25, 0.3) is 11.1 Å². The molecule has 0 unspecified atom stereocenters. The Kier molecular flexibility index (Phi) is 4.73. The number of thiazole rings is 1. The van der Waals surface area contributed by atoms with Gasteiger partial charge >= 0.3 is 0 Å². The third kappa shape index (κ3) is 3.61. The van der Waals surface area contributed by atoms with E-state index in [2.05, 4.69) is 17.1 Å². The summed E-state index contributed by atoms with van der Waals surface area (Å²) >= 11 is 1.55. The van der Waals surface area contributed by atoms with Gasteiger partial charge in [-0.15, -0.1) is 0 Å². The molecule has 2 aliphatic heterocycles. The summed E-state index contributed by atoms with van der Waals surface area (Å²) in [6, 6.07) is 16.6. The first-order valence-corrected chi connectivity index (χ1v) is 10.8. The van der Waals surface area contributed by atoms with Crippen molar-refractivity contribution < 1.29 is 19.1 Å². The van der Waals surface area contributed by atoms with E-state index in [0.29, 0.717) is 11.2 Å². The molecule has 3 heterocycles. The molecule has 150 valence electrons. The van der Waals surface area contributed by atoms with Crippen LogP contribution in [0.4, 0.5) is 0 Å². The van der Waals surface area contributed by atoms with Crippen LogP contribution in [0, 0.1) is 0 Å². The Morgan fingerprint density at radius 1 is 1.24 bits per heavy atom. The topological polar surface area (TPSA) is 62.7 Å². The van der Waals surface area contributed by atoms with Crippen LogP contribution in [0.5, 0.6) is 10.9 Å². The van der Waals surface area contributed by atoms with E-state index in [0.717, 1.165) is 59.6 Å². The second-order valence-corrected chi connectivity index (χ2v) is 9.01. The van der Waals surface area contributed by atoms with Crippen molar-refractivity contribution in [3.05, 3.63) is 54.1 Å². The molecule has 2 saturated heterocycles. The van der Waals surface area contributed by atoms with E-state index in [1.165, 1.54) is 5.56 Å². The number of aliphatic hydroxyl groups is 1. The second-order valence-electron chi connectivity index (χ2n) is 8.02. The minimum Gasteiger partial charge on any atom is -0.431 e. The SMILES string of the molecule is O=C(CO)N1C[N@+]2(CCc3ccc(Oc4nc5ccccc5s4)cc3)CC[C@H]1C2. The summed E-state index contributed by atoms with van der Waals surface area (Å²) < 4.78 is 8.01. The molecule has 0 saturated carbocycles. The van der Waals surface area contributed by atoms with Crippen molar-refractivity contribution in [1.29, 1.82) is 0 Å². The number of fused-ring (bicyclic) bond motifs is 3. The monoisotopic (exact) mass is 410 g/mol. The van der Waals surface area contributed by atoms with Gasteiger partial charge in [-0.05, 0) is 29.8 Å².